The number of rotatable bonds is 6. The van der Waals surface area contributed by atoms with Crippen molar-refractivity contribution in [3.63, 3.8) is 0 Å². The zero-order valence-corrected chi connectivity index (χ0v) is 11.7. The lowest BCUT2D eigenvalue weighted by Gasteiger charge is -2.39. The number of amides is 1. The molecular weight excluding hydrogens is 226 g/mol. The molecular formula is C14H27N3O. The van der Waals surface area contributed by atoms with Gasteiger partial charge in [0.2, 0.25) is 5.91 Å². The number of nitrogens with two attached hydrogens (primary N) is 1. The van der Waals surface area contributed by atoms with Gasteiger partial charge in [0.1, 0.15) is 0 Å². The standard InChI is InChI=1S/C14H27N3O/c1-10(2)12-5-13(16-6-11-3-4-11)8-17(7-12)9-14(15)18/h10-13,16H,3-9H2,1-2H3,(H2,15,18). The van der Waals surface area contributed by atoms with Crippen molar-refractivity contribution in [3.8, 4) is 0 Å². The number of likely N-dealkylation sites (tertiary alicyclic amines) is 1. The number of carbonyl (C=O) groups is 1. The molecule has 2 unspecified atom stereocenters. The topological polar surface area (TPSA) is 58.4 Å². The van der Waals surface area contributed by atoms with Crippen LogP contribution in [0.15, 0.2) is 0 Å². The summed E-state index contributed by atoms with van der Waals surface area (Å²) in [6.07, 6.45) is 4.01. The number of nitrogens with one attached hydrogen (secondary N) is 1. The van der Waals surface area contributed by atoms with Crippen LogP contribution in [0.5, 0.6) is 0 Å². The van der Waals surface area contributed by atoms with Crippen molar-refractivity contribution in [1.82, 2.24) is 10.2 Å². The van der Waals surface area contributed by atoms with E-state index in [1.54, 1.807) is 0 Å². The lowest BCUT2D eigenvalue weighted by atomic mass is 9.85. The van der Waals surface area contributed by atoms with E-state index in [-0.39, 0.29) is 5.91 Å². The lowest BCUT2D eigenvalue weighted by molar-refractivity contribution is -0.119. The van der Waals surface area contributed by atoms with Crippen molar-refractivity contribution in [2.75, 3.05) is 26.2 Å². The van der Waals surface area contributed by atoms with E-state index in [0.29, 0.717) is 24.4 Å². The first kappa shape index (κ1) is 13.8. The molecule has 1 saturated heterocycles. The van der Waals surface area contributed by atoms with Gasteiger partial charge in [-0.2, -0.15) is 0 Å². The van der Waals surface area contributed by atoms with E-state index in [0.717, 1.165) is 25.6 Å². The van der Waals surface area contributed by atoms with Crippen molar-refractivity contribution >= 4 is 5.91 Å². The monoisotopic (exact) mass is 253 g/mol. The van der Waals surface area contributed by atoms with Crippen LogP contribution in [0.3, 0.4) is 0 Å². The highest BCUT2D eigenvalue weighted by Crippen LogP contribution is 2.29. The average molecular weight is 253 g/mol. The van der Waals surface area contributed by atoms with Gasteiger partial charge in [0.15, 0.2) is 0 Å². The van der Waals surface area contributed by atoms with Gasteiger partial charge >= 0.3 is 0 Å². The van der Waals surface area contributed by atoms with Gasteiger partial charge in [-0.1, -0.05) is 13.8 Å². The molecule has 2 fully saturated rings. The van der Waals surface area contributed by atoms with Gasteiger partial charge in [0.05, 0.1) is 6.54 Å². The van der Waals surface area contributed by atoms with Crippen molar-refractivity contribution in [3.05, 3.63) is 0 Å². The van der Waals surface area contributed by atoms with E-state index in [9.17, 15) is 4.79 Å². The normalized spacial score (nSPS) is 29.7. The molecule has 0 bridgehead atoms. The molecule has 4 heteroatoms. The highest BCUT2D eigenvalue weighted by molar-refractivity contribution is 5.75. The molecule has 2 rings (SSSR count). The summed E-state index contributed by atoms with van der Waals surface area (Å²) in [5, 5.41) is 3.68. The molecule has 1 saturated carbocycles. The smallest absolute Gasteiger partial charge is 0.231 e. The Kier molecular flexibility index (Phi) is 4.62. The molecule has 0 aromatic rings. The predicted molar refractivity (Wildman–Crippen MR) is 73.1 cm³/mol. The second-order valence-electron chi connectivity index (χ2n) is 6.45. The maximum atomic E-state index is 11.1. The van der Waals surface area contributed by atoms with Crippen LogP contribution in [0.2, 0.25) is 0 Å². The van der Waals surface area contributed by atoms with Crippen LogP contribution in [-0.4, -0.2) is 43.0 Å². The molecule has 1 aliphatic heterocycles. The summed E-state index contributed by atoms with van der Waals surface area (Å²) in [5.74, 6) is 2.05. The Morgan fingerprint density at radius 1 is 1.39 bits per heavy atom. The lowest BCUT2D eigenvalue weighted by Crippen LogP contribution is -2.52. The van der Waals surface area contributed by atoms with Crippen LogP contribution in [0.1, 0.15) is 33.1 Å². The van der Waals surface area contributed by atoms with Gasteiger partial charge < -0.3 is 11.1 Å². The number of primary amides is 1. The van der Waals surface area contributed by atoms with Gasteiger partial charge in [-0.15, -0.1) is 0 Å². The van der Waals surface area contributed by atoms with Crippen LogP contribution in [0.25, 0.3) is 0 Å². The van der Waals surface area contributed by atoms with E-state index in [4.69, 9.17) is 5.73 Å². The van der Waals surface area contributed by atoms with Gasteiger partial charge in [-0.05, 0) is 43.6 Å². The molecule has 0 radical (unpaired) electrons. The largest absolute Gasteiger partial charge is 0.369 e. The first-order chi connectivity index (χ1) is 8.54. The Bertz CT molecular complexity index is 289. The summed E-state index contributed by atoms with van der Waals surface area (Å²) in [5.41, 5.74) is 5.32. The molecule has 1 aliphatic carbocycles. The minimum absolute atomic E-state index is 0.208. The summed E-state index contributed by atoms with van der Waals surface area (Å²) < 4.78 is 0. The second-order valence-corrected chi connectivity index (χ2v) is 6.45. The quantitative estimate of drug-likeness (QED) is 0.737. The Balaban J connectivity index is 1.85. The summed E-state index contributed by atoms with van der Waals surface area (Å²) in [6.45, 7) is 8.10. The van der Waals surface area contributed by atoms with Crippen LogP contribution >= 0.6 is 0 Å². The second kappa shape index (κ2) is 6.02. The molecule has 1 amide bonds. The van der Waals surface area contributed by atoms with E-state index in [2.05, 4.69) is 24.1 Å². The van der Waals surface area contributed by atoms with E-state index in [1.165, 1.54) is 19.3 Å². The Hall–Kier alpha value is -0.610. The third-order valence-electron chi connectivity index (χ3n) is 4.27. The van der Waals surface area contributed by atoms with Crippen molar-refractivity contribution in [2.45, 2.75) is 39.2 Å². The van der Waals surface area contributed by atoms with Gasteiger partial charge in [-0.3, -0.25) is 9.69 Å². The highest BCUT2D eigenvalue weighted by atomic mass is 16.1. The van der Waals surface area contributed by atoms with Crippen LogP contribution in [0.4, 0.5) is 0 Å². The molecule has 2 atom stereocenters. The zero-order valence-electron chi connectivity index (χ0n) is 11.7. The van der Waals surface area contributed by atoms with Gasteiger partial charge in [0.25, 0.3) is 0 Å². The van der Waals surface area contributed by atoms with Crippen molar-refractivity contribution < 1.29 is 4.79 Å². The predicted octanol–water partition coefficient (Wildman–Crippen LogP) is 0.818. The third kappa shape index (κ3) is 4.25. The molecule has 0 spiro atoms. The van der Waals surface area contributed by atoms with Crippen LogP contribution in [0, 0.1) is 17.8 Å². The van der Waals surface area contributed by atoms with E-state index in [1.807, 2.05) is 0 Å². The summed E-state index contributed by atoms with van der Waals surface area (Å²) in [6, 6.07) is 0.533. The van der Waals surface area contributed by atoms with E-state index >= 15 is 0 Å². The number of piperidine rings is 1. The molecule has 2 aliphatic rings. The zero-order chi connectivity index (χ0) is 13.1. The van der Waals surface area contributed by atoms with Crippen molar-refractivity contribution in [2.24, 2.45) is 23.5 Å². The maximum Gasteiger partial charge on any atom is 0.231 e. The molecule has 1 heterocycles. The van der Waals surface area contributed by atoms with Gasteiger partial charge in [-0.25, -0.2) is 0 Å². The summed E-state index contributed by atoms with van der Waals surface area (Å²) in [7, 11) is 0. The minimum Gasteiger partial charge on any atom is -0.369 e. The molecule has 4 nitrogen and oxygen atoms in total. The number of nitrogens with zero attached hydrogens (tertiary/aromatic N) is 1. The molecule has 0 aromatic heterocycles. The molecule has 3 N–H and O–H groups in total. The third-order valence-corrected chi connectivity index (χ3v) is 4.27. The average Bonchev–Trinajstić information content (AvgIpc) is 3.08. The van der Waals surface area contributed by atoms with Crippen LogP contribution < -0.4 is 11.1 Å². The Labute approximate surface area is 110 Å². The van der Waals surface area contributed by atoms with E-state index < -0.39 is 0 Å². The van der Waals surface area contributed by atoms with Gasteiger partial charge in [0, 0.05) is 19.1 Å². The molecule has 18 heavy (non-hydrogen) atoms. The summed E-state index contributed by atoms with van der Waals surface area (Å²) in [4.78, 5) is 13.3. The maximum absolute atomic E-state index is 11.1. The summed E-state index contributed by atoms with van der Waals surface area (Å²) >= 11 is 0. The van der Waals surface area contributed by atoms with Crippen molar-refractivity contribution in [1.29, 1.82) is 0 Å². The molecule has 104 valence electrons. The number of hydrogen-bond donors (Lipinski definition) is 2. The first-order valence-corrected chi connectivity index (χ1v) is 7.28. The highest BCUT2D eigenvalue weighted by Gasteiger charge is 2.30. The minimum atomic E-state index is -0.208. The number of hydrogen-bond acceptors (Lipinski definition) is 3. The number of carbonyl (C=O) groups excluding carboxylic acids is 1. The first-order valence-electron chi connectivity index (χ1n) is 7.28. The SMILES string of the molecule is CC(C)C1CC(NCC2CC2)CN(CC(N)=O)C1. The molecule has 0 aromatic carbocycles. The fourth-order valence-corrected chi connectivity index (χ4v) is 2.87. The fraction of sp³-hybridized carbons (Fsp3) is 0.929. The van der Waals surface area contributed by atoms with Crippen LogP contribution in [-0.2, 0) is 4.79 Å². The fourth-order valence-electron chi connectivity index (χ4n) is 2.87. The Morgan fingerprint density at radius 2 is 2.11 bits per heavy atom. The Morgan fingerprint density at radius 3 is 2.67 bits per heavy atom.